The first kappa shape index (κ1) is 17.6. The predicted molar refractivity (Wildman–Crippen MR) is 74.6 cm³/mol. The van der Waals surface area contributed by atoms with Gasteiger partial charge in [0.15, 0.2) is 0 Å². The summed E-state index contributed by atoms with van der Waals surface area (Å²) in [6, 6.07) is 0. The number of nitrogens with zero attached hydrogens (tertiary/aromatic N) is 1. The molecular formula is C14H23NO6. The number of ether oxygens (including phenoxy) is 3. The monoisotopic (exact) mass is 301 g/mol. The second kappa shape index (κ2) is 8.76. The Kier molecular flexibility index (Phi) is 7.35. The molecule has 0 saturated carbocycles. The molecule has 0 spiro atoms. The molecule has 0 aliphatic carbocycles. The lowest BCUT2D eigenvalue weighted by Crippen LogP contribution is -2.49. The number of rotatable bonds is 5. The molecule has 0 saturated heterocycles. The summed E-state index contributed by atoms with van der Waals surface area (Å²) in [6.07, 6.45) is 1.63. The van der Waals surface area contributed by atoms with Gasteiger partial charge in [-0.05, 0) is 0 Å². The molecule has 7 nitrogen and oxygen atoms in total. The average molecular weight is 301 g/mol. The van der Waals surface area contributed by atoms with Crippen molar-refractivity contribution in [2.24, 2.45) is 0 Å². The quantitative estimate of drug-likeness (QED) is 0.556. The van der Waals surface area contributed by atoms with Crippen LogP contribution in [0.2, 0.25) is 0 Å². The first-order chi connectivity index (χ1) is 10.0. The molecule has 1 rings (SSSR count). The molecule has 0 unspecified atom stereocenters. The molecule has 1 amide bonds. The molecule has 0 aromatic heterocycles. The van der Waals surface area contributed by atoms with Gasteiger partial charge in [-0.15, -0.1) is 0 Å². The van der Waals surface area contributed by atoms with Crippen molar-refractivity contribution in [2.45, 2.75) is 31.2 Å². The van der Waals surface area contributed by atoms with Gasteiger partial charge in [0.05, 0.1) is 13.5 Å². The fraction of sp³-hybridized carbons (Fsp3) is 0.714. The van der Waals surface area contributed by atoms with Crippen LogP contribution in [0.3, 0.4) is 0 Å². The van der Waals surface area contributed by atoms with Crippen molar-refractivity contribution in [1.82, 2.24) is 4.90 Å². The Morgan fingerprint density at radius 3 is 2.52 bits per heavy atom. The van der Waals surface area contributed by atoms with Crippen LogP contribution in [0.1, 0.15) is 12.8 Å². The van der Waals surface area contributed by atoms with Gasteiger partial charge in [0.25, 0.3) is 0 Å². The molecule has 0 aromatic carbocycles. The van der Waals surface area contributed by atoms with Crippen molar-refractivity contribution >= 4 is 11.9 Å². The minimum atomic E-state index is -0.785. The van der Waals surface area contributed by atoms with E-state index in [-0.39, 0.29) is 25.3 Å². The highest BCUT2D eigenvalue weighted by Crippen LogP contribution is 2.15. The van der Waals surface area contributed by atoms with E-state index in [1.54, 1.807) is 17.1 Å². The standard InChI is InChI=1S/C14H23NO6/c1-19-11-9-15(12(17)6-7-13(18)20-2)8-4-5-10(16)14(11)21-3/h4-5,10-11,14,16H,6-9H2,1-3H3/b5-4-/t10-,11+,14+/m1/s1. The van der Waals surface area contributed by atoms with Crippen LogP contribution in [0.25, 0.3) is 0 Å². The largest absolute Gasteiger partial charge is 0.469 e. The van der Waals surface area contributed by atoms with Crippen molar-refractivity contribution in [2.75, 3.05) is 34.4 Å². The minimum absolute atomic E-state index is 0.0452. The molecule has 0 bridgehead atoms. The van der Waals surface area contributed by atoms with Gasteiger partial charge < -0.3 is 24.2 Å². The molecule has 3 atom stereocenters. The Bertz CT molecular complexity index is 384. The Morgan fingerprint density at radius 2 is 1.95 bits per heavy atom. The zero-order valence-electron chi connectivity index (χ0n) is 12.7. The average Bonchev–Trinajstić information content (AvgIpc) is 2.48. The molecular weight excluding hydrogens is 278 g/mol. The van der Waals surface area contributed by atoms with Gasteiger partial charge in [-0.1, -0.05) is 12.2 Å². The van der Waals surface area contributed by atoms with Crippen LogP contribution >= 0.6 is 0 Å². The third-order valence-electron chi connectivity index (χ3n) is 3.46. The predicted octanol–water partition coefficient (Wildman–Crippen LogP) is -0.271. The normalized spacial score (nSPS) is 27.6. The maximum atomic E-state index is 12.1. The van der Waals surface area contributed by atoms with E-state index in [2.05, 4.69) is 4.74 Å². The number of carbonyl (C=O) groups is 2. The Morgan fingerprint density at radius 1 is 1.24 bits per heavy atom. The number of esters is 1. The summed E-state index contributed by atoms with van der Waals surface area (Å²) < 4.78 is 15.1. The van der Waals surface area contributed by atoms with E-state index in [9.17, 15) is 14.7 Å². The van der Waals surface area contributed by atoms with Gasteiger partial charge in [0.2, 0.25) is 5.91 Å². The van der Waals surface area contributed by atoms with Gasteiger partial charge in [0, 0.05) is 33.7 Å². The molecule has 21 heavy (non-hydrogen) atoms. The number of hydrogen-bond acceptors (Lipinski definition) is 6. The number of amides is 1. The molecule has 0 radical (unpaired) electrons. The fourth-order valence-corrected chi connectivity index (χ4v) is 2.23. The van der Waals surface area contributed by atoms with Gasteiger partial charge >= 0.3 is 5.97 Å². The topological polar surface area (TPSA) is 85.3 Å². The maximum Gasteiger partial charge on any atom is 0.306 e. The molecule has 0 aromatic rings. The summed E-state index contributed by atoms with van der Waals surface area (Å²) in [5.41, 5.74) is 0. The highest BCUT2D eigenvalue weighted by atomic mass is 16.5. The van der Waals surface area contributed by atoms with Gasteiger partial charge in [-0.3, -0.25) is 9.59 Å². The fourth-order valence-electron chi connectivity index (χ4n) is 2.23. The van der Waals surface area contributed by atoms with Crippen LogP contribution in [0, 0.1) is 0 Å². The lowest BCUT2D eigenvalue weighted by atomic mass is 10.0. The molecule has 120 valence electrons. The number of hydrogen-bond donors (Lipinski definition) is 1. The minimum Gasteiger partial charge on any atom is -0.469 e. The first-order valence-electron chi connectivity index (χ1n) is 6.78. The summed E-state index contributed by atoms with van der Waals surface area (Å²) >= 11 is 0. The van der Waals surface area contributed by atoms with Crippen LogP contribution in [-0.2, 0) is 23.8 Å². The van der Waals surface area contributed by atoms with Crippen molar-refractivity contribution in [1.29, 1.82) is 0 Å². The second-order valence-electron chi connectivity index (χ2n) is 4.77. The highest BCUT2D eigenvalue weighted by Gasteiger charge is 2.31. The second-order valence-corrected chi connectivity index (χ2v) is 4.77. The zero-order valence-corrected chi connectivity index (χ0v) is 12.7. The van der Waals surface area contributed by atoms with Crippen LogP contribution in [-0.4, -0.2) is 74.6 Å². The summed E-state index contributed by atoms with van der Waals surface area (Å²) in [7, 11) is 4.28. The van der Waals surface area contributed by atoms with Crippen molar-refractivity contribution in [3.05, 3.63) is 12.2 Å². The van der Waals surface area contributed by atoms with Gasteiger partial charge in [0.1, 0.15) is 18.3 Å². The highest BCUT2D eigenvalue weighted by molar-refractivity contribution is 5.81. The Hall–Kier alpha value is -1.44. The van der Waals surface area contributed by atoms with E-state index in [0.29, 0.717) is 6.54 Å². The molecule has 1 aliphatic rings. The van der Waals surface area contributed by atoms with Crippen LogP contribution in [0.5, 0.6) is 0 Å². The van der Waals surface area contributed by atoms with Crippen molar-refractivity contribution in [3.63, 3.8) is 0 Å². The maximum absolute atomic E-state index is 12.1. The van der Waals surface area contributed by atoms with Crippen LogP contribution in [0.4, 0.5) is 0 Å². The molecule has 7 heteroatoms. The lowest BCUT2D eigenvalue weighted by Gasteiger charge is -2.34. The van der Waals surface area contributed by atoms with Gasteiger partial charge in [-0.25, -0.2) is 0 Å². The lowest BCUT2D eigenvalue weighted by molar-refractivity contribution is -0.145. The summed E-state index contributed by atoms with van der Waals surface area (Å²) in [5.74, 6) is -0.585. The first-order valence-corrected chi connectivity index (χ1v) is 6.78. The zero-order chi connectivity index (χ0) is 15.8. The Balaban J connectivity index is 2.72. The molecule has 0 fully saturated rings. The third kappa shape index (κ3) is 5.11. The van der Waals surface area contributed by atoms with E-state index in [1.165, 1.54) is 21.3 Å². The van der Waals surface area contributed by atoms with Gasteiger partial charge in [-0.2, -0.15) is 0 Å². The van der Waals surface area contributed by atoms with Crippen LogP contribution < -0.4 is 0 Å². The van der Waals surface area contributed by atoms with E-state index >= 15 is 0 Å². The number of methoxy groups -OCH3 is 3. The smallest absolute Gasteiger partial charge is 0.306 e. The van der Waals surface area contributed by atoms with E-state index in [4.69, 9.17) is 9.47 Å². The van der Waals surface area contributed by atoms with E-state index in [0.717, 1.165) is 0 Å². The summed E-state index contributed by atoms with van der Waals surface area (Å²) in [4.78, 5) is 24.8. The summed E-state index contributed by atoms with van der Waals surface area (Å²) in [5, 5.41) is 9.95. The van der Waals surface area contributed by atoms with Crippen molar-refractivity contribution < 1.29 is 28.9 Å². The van der Waals surface area contributed by atoms with E-state index in [1.807, 2.05) is 0 Å². The number of carbonyl (C=O) groups excluding carboxylic acids is 2. The van der Waals surface area contributed by atoms with E-state index < -0.39 is 24.3 Å². The molecule has 1 aliphatic heterocycles. The SMILES string of the molecule is COC(=O)CCC(=O)N1C/C=C\[C@@H](O)[C@H](OC)[C@@H](OC)C1. The molecule has 1 N–H and O–H groups in total. The third-order valence-corrected chi connectivity index (χ3v) is 3.46. The number of aliphatic hydroxyl groups excluding tert-OH is 1. The summed E-state index contributed by atoms with van der Waals surface area (Å²) in [6.45, 7) is 0.643. The number of aliphatic hydroxyl groups is 1. The van der Waals surface area contributed by atoms with Crippen molar-refractivity contribution in [3.8, 4) is 0 Å². The molecule has 1 heterocycles. The van der Waals surface area contributed by atoms with Crippen LogP contribution in [0.15, 0.2) is 12.2 Å². The Labute approximate surface area is 124 Å².